The molecule has 2 N–H and O–H groups in total. The van der Waals surface area contributed by atoms with Crippen molar-refractivity contribution in [2.24, 2.45) is 0 Å². The van der Waals surface area contributed by atoms with E-state index in [4.69, 9.17) is 0 Å². The number of nitrogens with one attached hydrogen (secondary N) is 2. The molecule has 2 heterocycles. The van der Waals surface area contributed by atoms with E-state index in [2.05, 4.69) is 10.0 Å². The van der Waals surface area contributed by atoms with Gasteiger partial charge in [0.15, 0.2) is 0 Å². The molecule has 0 saturated carbocycles. The molecule has 0 atom stereocenters. The average Bonchev–Trinajstić information content (AvgIpc) is 2.82. The fourth-order valence-electron chi connectivity index (χ4n) is 1.51. The molecule has 0 aliphatic carbocycles. The number of hydrogen-bond acceptors (Lipinski definition) is 4. The van der Waals surface area contributed by atoms with Crippen LogP contribution in [0, 0.1) is 0 Å². The van der Waals surface area contributed by atoms with Crippen molar-refractivity contribution in [3.63, 3.8) is 0 Å². The fraction of sp³-hybridized carbons (Fsp3) is 0.400. The maximum atomic E-state index is 11.8. The van der Waals surface area contributed by atoms with Crippen molar-refractivity contribution in [1.29, 1.82) is 0 Å². The molecule has 0 amide bonds. The Labute approximate surface area is 112 Å². The monoisotopic (exact) mass is 294 g/mol. The summed E-state index contributed by atoms with van der Waals surface area (Å²) >= 11 is 1.23. The highest BCUT2D eigenvalue weighted by molar-refractivity contribution is 7.91. The van der Waals surface area contributed by atoms with Gasteiger partial charge in [0.1, 0.15) is 4.21 Å². The molecule has 0 unspecified atom stereocenters. The van der Waals surface area contributed by atoms with Gasteiger partial charge >= 0.3 is 0 Å². The minimum atomic E-state index is -3.31. The van der Waals surface area contributed by atoms with E-state index >= 15 is 0 Å². The molecule has 17 heavy (non-hydrogen) atoms. The summed E-state index contributed by atoms with van der Waals surface area (Å²) in [6, 6.07) is 3.35. The SMILES string of the molecule is Cl.O=S(=O)(NCC1=CCNCC1)c1cccs1. The maximum Gasteiger partial charge on any atom is 0.250 e. The van der Waals surface area contributed by atoms with E-state index in [-0.39, 0.29) is 12.4 Å². The Balaban J connectivity index is 0.00000144. The van der Waals surface area contributed by atoms with E-state index in [1.165, 1.54) is 11.3 Å². The van der Waals surface area contributed by atoms with Crippen molar-refractivity contribution in [2.45, 2.75) is 10.6 Å². The molecule has 1 aliphatic rings. The average molecular weight is 295 g/mol. The van der Waals surface area contributed by atoms with Gasteiger partial charge in [0, 0.05) is 13.1 Å². The lowest BCUT2D eigenvalue weighted by atomic mass is 10.1. The molecule has 1 aliphatic heterocycles. The van der Waals surface area contributed by atoms with Crippen molar-refractivity contribution in [1.82, 2.24) is 10.0 Å². The number of thiophene rings is 1. The molecule has 0 fully saturated rings. The predicted molar refractivity (Wildman–Crippen MR) is 72.3 cm³/mol. The van der Waals surface area contributed by atoms with Crippen LogP contribution in [0.1, 0.15) is 6.42 Å². The van der Waals surface area contributed by atoms with E-state index in [0.29, 0.717) is 10.8 Å². The normalized spacial score (nSPS) is 16.1. The lowest BCUT2D eigenvalue weighted by Crippen LogP contribution is -2.29. The second-order valence-electron chi connectivity index (χ2n) is 3.57. The van der Waals surface area contributed by atoms with E-state index < -0.39 is 10.0 Å². The number of rotatable bonds is 4. The highest BCUT2D eigenvalue weighted by Crippen LogP contribution is 2.15. The Bertz CT molecular complexity index is 469. The summed E-state index contributed by atoms with van der Waals surface area (Å²) in [6.07, 6.45) is 2.95. The zero-order valence-corrected chi connectivity index (χ0v) is 11.6. The van der Waals surface area contributed by atoms with Gasteiger partial charge in [0.2, 0.25) is 10.0 Å². The van der Waals surface area contributed by atoms with Gasteiger partial charge in [-0.3, -0.25) is 0 Å². The second kappa shape index (κ2) is 6.51. The molecule has 4 nitrogen and oxygen atoms in total. The number of hydrogen-bond donors (Lipinski definition) is 2. The molecule has 0 spiro atoms. The van der Waals surface area contributed by atoms with Crippen molar-refractivity contribution >= 4 is 33.8 Å². The molecule has 1 aromatic rings. The maximum absolute atomic E-state index is 11.8. The summed E-state index contributed by atoms with van der Waals surface area (Å²) in [6.45, 7) is 2.17. The first-order chi connectivity index (χ1) is 7.68. The van der Waals surface area contributed by atoms with Crippen molar-refractivity contribution in [3.05, 3.63) is 29.2 Å². The number of halogens is 1. The zero-order valence-electron chi connectivity index (χ0n) is 9.18. The third-order valence-electron chi connectivity index (χ3n) is 2.41. The van der Waals surface area contributed by atoms with Gasteiger partial charge in [0.25, 0.3) is 0 Å². The summed E-state index contributed by atoms with van der Waals surface area (Å²) < 4.78 is 26.6. The van der Waals surface area contributed by atoms with Gasteiger partial charge in [-0.1, -0.05) is 17.7 Å². The van der Waals surface area contributed by atoms with Crippen LogP contribution in [-0.4, -0.2) is 28.1 Å². The third-order valence-corrected chi connectivity index (χ3v) is 5.21. The highest BCUT2D eigenvalue weighted by Gasteiger charge is 2.15. The van der Waals surface area contributed by atoms with Crippen LogP contribution >= 0.6 is 23.7 Å². The standard InChI is InChI=1S/C10H14N2O2S2.ClH/c13-16(14,10-2-1-7-15-10)12-8-9-3-5-11-6-4-9;/h1-3,7,11-12H,4-6,8H2;1H. The van der Waals surface area contributed by atoms with Crippen LogP contribution in [0.5, 0.6) is 0 Å². The molecule has 0 radical (unpaired) electrons. The topological polar surface area (TPSA) is 58.2 Å². The quantitative estimate of drug-likeness (QED) is 0.825. The highest BCUT2D eigenvalue weighted by atomic mass is 35.5. The fourth-order valence-corrected chi connectivity index (χ4v) is 3.58. The van der Waals surface area contributed by atoms with Gasteiger partial charge < -0.3 is 5.32 Å². The Morgan fingerprint density at radius 3 is 2.88 bits per heavy atom. The van der Waals surface area contributed by atoms with E-state index in [0.717, 1.165) is 25.1 Å². The molecule has 1 aromatic heterocycles. The summed E-state index contributed by atoms with van der Waals surface area (Å²) in [7, 11) is -3.31. The molecular formula is C10H15ClN2O2S2. The van der Waals surface area contributed by atoms with Gasteiger partial charge in [-0.05, 0) is 24.4 Å². The summed E-state index contributed by atoms with van der Waals surface area (Å²) in [5.74, 6) is 0. The predicted octanol–water partition coefficient (Wildman–Crippen LogP) is 1.37. The van der Waals surface area contributed by atoms with Crippen LogP contribution in [0.15, 0.2) is 33.4 Å². The molecule has 7 heteroatoms. The first-order valence-electron chi connectivity index (χ1n) is 5.10. The van der Waals surface area contributed by atoms with E-state index in [9.17, 15) is 8.42 Å². The largest absolute Gasteiger partial charge is 0.313 e. The summed E-state index contributed by atoms with van der Waals surface area (Å²) in [4.78, 5) is 0. The lowest BCUT2D eigenvalue weighted by Gasteiger charge is -2.14. The van der Waals surface area contributed by atoms with Crippen LogP contribution in [0.4, 0.5) is 0 Å². The van der Waals surface area contributed by atoms with Crippen molar-refractivity contribution in [3.8, 4) is 0 Å². The van der Waals surface area contributed by atoms with Gasteiger partial charge in [0.05, 0.1) is 0 Å². The Morgan fingerprint density at radius 1 is 1.47 bits per heavy atom. The smallest absolute Gasteiger partial charge is 0.250 e. The molecule has 96 valence electrons. The first kappa shape index (κ1) is 14.7. The Morgan fingerprint density at radius 2 is 2.29 bits per heavy atom. The molecule has 0 saturated heterocycles. The Kier molecular flexibility index (Phi) is 5.61. The Hall–Kier alpha value is -0.400. The minimum Gasteiger partial charge on any atom is -0.313 e. The van der Waals surface area contributed by atoms with Gasteiger partial charge in [-0.25, -0.2) is 13.1 Å². The van der Waals surface area contributed by atoms with Crippen LogP contribution in [0.3, 0.4) is 0 Å². The van der Waals surface area contributed by atoms with E-state index in [1.807, 2.05) is 6.08 Å². The van der Waals surface area contributed by atoms with Crippen LogP contribution < -0.4 is 10.0 Å². The second-order valence-corrected chi connectivity index (χ2v) is 6.51. The van der Waals surface area contributed by atoms with Crippen LogP contribution in [-0.2, 0) is 10.0 Å². The molecule has 0 aromatic carbocycles. The molecular weight excluding hydrogens is 280 g/mol. The lowest BCUT2D eigenvalue weighted by molar-refractivity contribution is 0.584. The zero-order chi connectivity index (χ0) is 11.4. The third kappa shape index (κ3) is 4.08. The number of sulfonamides is 1. The minimum absolute atomic E-state index is 0. The molecule has 0 bridgehead atoms. The van der Waals surface area contributed by atoms with Crippen molar-refractivity contribution in [2.75, 3.05) is 19.6 Å². The van der Waals surface area contributed by atoms with Crippen LogP contribution in [0.2, 0.25) is 0 Å². The van der Waals surface area contributed by atoms with Crippen molar-refractivity contribution < 1.29 is 8.42 Å². The first-order valence-corrected chi connectivity index (χ1v) is 7.46. The summed E-state index contributed by atoms with van der Waals surface area (Å²) in [5.41, 5.74) is 1.15. The summed E-state index contributed by atoms with van der Waals surface area (Å²) in [5, 5.41) is 4.95. The van der Waals surface area contributed by atoms with E-state index in [1.54, 1.807) is 17.5 Å². The molecule has 2 rings (SSSR count). The van der Waals surface area contributed by atoms with Gasteiger partial charge in [-0.15, -0.1) is 23.7 Å². The van der Waals surface area contributed by atoms with Crippen LogP contribution in [0.25, 0.3) is 0 Å². The van der Waals surface area contributed by atoms with Gasteiger partial charge in [-0.2, -0.15) is 0 Å².